The van der Waals surface area contributed by atoms with Crippen molar-refractivity contribution in [2.24, 2.45) is 0 Å². The predicted octanol–water partition coefficient (Wildman–Crippen LogP) is 2.33. The fraction of sp³-hybridized carbons (Fsp3) is 0.444. The van der Waals surface area contributed by atoms with Crippen LogP contribution in [-0.2, 0) is 6.42 Å². The highest BCUT2D eigenvalue weighted by molar-refractivity contribution is 7.80. The Morgan fingerprint density at radius 2 is 2.45 bits per heavy atom. The molecule has 1 unspecified atom stereocenters. The van der Waals surface area contributed by atoms with Crippen LogP contribution in [0.1, 0.15) is 18.9 Å². The van der Waals surface area contributed by atoms with Gasteiger partial charge in [0.15, 0.2) is 0 Å². The summed E-state index contributed by atoms with van der Waals surface area (Å²) in [5, 5.41) is 0.471. The molecule has 1 atom stereocenters. The molecule has 1 aromatic heterocycles. The average molecular weight is 167 g/mol. The van der Waals surface area contributed by atoms with Crippen molar-refractivity contribution in [2.45, 2.75) is 25.0 Å². The lowest BCUT2D eigenvalue weighted by atomic mass is 10.1. The first-order valence-electron chi connectivity index (χ1n) is 3.90. The minimum atomic E-state index is 0.471. The molecule has 0 saturated heterocycles. The zero-order valence-corrected chi connectivity index (χ0v) is 7.59. The number of nitrogens with zero attached hydrogens (tertiary/aromatic N) is 1. The van der Waals surface area contributed by atoms with Crippen LogP contribution in [-0.4, -0.2) is 10.2 Å². The summed E-state index contributed by atoms with van der Waals surface area (Å²) >= 11 is 4.41. The Morgan fingerprint density at radius 3 is 3.00 bits per heavy atom. The van der Waals surface area contributed by atoms with Crippen LogP contribution >= 0.6 is 12.6 Å². The Balaban J connectivity index is 2.51. The van der Waals surface area contributed by atoms with E-state index in [1.54, 1.807) is 6.20 Å². The Labute approximate surface area is 73.3 Å². The summed E-state index contributed by atoms with van der Waals surface area (Å²) in [5.74, 6) is 0. The van der Waals surface area contributed by atoms with Gasteiger partial charge >= 0.3 is 0 Å². The lowest BCUT2D eigenvalue weighted by Gasteiger charge is -2.05. The largest absolute Gasteiger partial charge is 0.264 e. The number of pyridine rings is 1. The number of aromatic nitrogens is 1. The summed E-state index contributed by atoms with van der Waals surface area (Å²) in [5.41, 5.74) is 1.27. The third-order valence-corrected chi connectivity index (χ3v) is 2.21. The number of hydrogen-bond acceptors (Lipinski definition) is 2. The van der Waals surface area contributed by atoms with Crippen molar-refractivity contribution in [3.05, 3.63) is 30.1 Å². The van der Waals surface area contributed by atoms with E-state index in [1.807, 2.05) is 12.3 Å². The third-order valence-electron chi connectivity index (χ3n) is 1.67. The van der Waals surface area contributed by atoms with Crippen molar-refractivity contribution in [3.63, 3.8) is 0 Å². The van der Waals surface area contributed by atoms with Gasteiger partial charge in [-0.3, -0.25) is 4.98 Å². The lowest BCUT2D eigenvalue weighted by molar-refractivity contribution is 0.818. The summed E-state index contributed by atoms with van der Waals surface area (Å²) < 4.78 is 0. The molecule has 0 saturated carbocycles. The summed E-state index contributed by atoms with van der Waals surface area (Å²) in [7, 11) is 0. The topological polar surface area (TPSA) is 12.9 Å². The molecule has 0 N–H and O–H groups in total. The van der Waals surface area contributed by atoms with Crippen LogP contribution in [0.3, 0.4) is 0 Å². The van der Waals surface area contributed by atoms with Gasteiger partial charge in [0.2, 0.25) is 0 Å². The molecule has 1 aromatic rings. The van der Waals surface area contributed by atoms with Gasteiger partial charge < -0.3 is 0 Å². The van der Waals surface area contributed by atoms with Gasteiger partial charge in [-0.2, -0.15) is 12.6 Å². The molecular weight excluding hydrogens is 154 g/mol. The second-order valence-electron chi connectivity index (χ2n) is 2.63. The van der Waals surface area contributed by atoms with Gasteiger partial charge in [0.25, 0.3) is 0 Å². The number of thiol groups is 1. The van der Waals surface area contributed by atoms with E-state index in [1.165, 1.54) is 5.56 Å². The zero-order chi connectivity index (χ0) is 8.10. The minimum Gasteiger partial charge on any atom is -0.264 e. The van der Waals surface area contributed by atoms with Gasteiger partial charge in [0.1, 0.15) is 0 Å². The maximum Gasteiger partial charge on any atom is 0.0300 e. The summed E-state index contributed by atoms with van der Waals surface area (Å²) in [6, 6.07) is 4.05. The monoisotopic (exact) mass is 167 g/mol. The Morgan fingerprint density at radius 1 is 1.64 bits per heavy atom. The molecule has 1 heterocycles. The minimum absolute atomic E-state index is 0.471. The maximum absolute atomic E-state index is 4.41. The van der Waals surface area contributed by atoms with Gasteiger partial charge in [-0.15, -0.1) is 0 Å². The van der Waals surface area contributed by atoms with E-state index in [-0.39, 0.29) is 0 Å². The molecule has 1 nitrogen and oxygen atoms in total. The number of hydrogen-bond donors (Lipinski definition) is 1. The fourth-order valence-corrected chi connectivity index (χ4v) is 1.15. The highest BCUT2D eigenvalue weighted by atomic mass is 32.1. The molecular formula is C9H13NS. The van der Waals surface area contributed by atoms with Crippen molar-refractivity contribution >= 4 is 12.6 Å². The molecule has 11 heavy (non-hydrogen) atoms. The van der Waals surface area contributed by atoms with Crippen molar-refractivity contribution in [3.8, 4) is 0 Å². The van der Waals surface area contributed by atoms with Crippen LogP contribution < -0.4 is 0 Å². The molecule has 0 aliphatic rings. The normalized spacial score (nSPS) is 12.9. The molecule has 0 aliphatic carbocycles. The Hall–Kier alpha value is -0.500. The molecule has 0 fully saturated rings. The van der Waals surface area contributed by atoms with Crippen LogP contribution in [0.25, 0.3) is 0 Å². The molecule has 0 aliphatic heterocycles. The van der Waals surface area contributed by atoms with E-state index < -0.39 is 0 Å². The highest BCUT2D eigenvalue weighted by Gasteiger charge is 2.00. The predicted molar refractivity (Wildman–Crippen MR) is 51.0 cm³/mol. The summed E-state index contributed by atoms with van der Waals surface area (Å²) in [6.45, 7) is 2.15. The smallest absolute Gasteiger partial charge is 0.0300 e. The van der Waals surface area contributed by atoms with Crippen LogP contribution in [0.2, 0.25) is 0 Å². The van der Waals surface area contributed by atoms with Gasteiger partial charge in [-0.25, -0.2) is 0 Å². The van der Waals surface area contributed by atoms with Crippen molar-refractivity contribution < 1.29 is 0 Å². The molecule has 0 bridgehead atoms. The van der Waals surface area contributed by atoms with E-state index in [9.17, 15) is 0 Å². The van der Waals surface area contributed by atoms with Crippen molar-refractivity contribution in [1.82, 2.24) is 4.98 Å². The van der Waals surface area contributed by atoms with Gasteiger partial charge in [0, 0.05) is 17.6 Å². The lowest BCUT2D eigenvalue weighted by Crippen LogP contribution is -2.01. The van der Waals surface area contributed by atoms with E-state index >= 15 is 0 Å². The van der Waals surface area contributed by atoms with Crippen molar-refractivity contribution in [2.75, 3.05) is 0 Å². The molecule has 0 aromatic carbocycles. The van der Waals surface area contributed by atoms with Crippen LogP contribution in [0, 0.1) is 0 Å². The van der Waals surface area contributed by atoms with Gasteiger partial charge in [-0.1, -0.05) is 13.0 Å². The van der Waals surface area contributed by atoms with Crippen LogP contribution in [0.4, 0.5) is 0 Å². The van der Waals surface area contributed by atoms with Gasteiger partial charge in [-0.05, 0) is 24.5 Å². The molecule has 1 rings (SSSR count). The Bertz CT molecular complexity index is 198. The molecule has 0 spiro atoms. The Kier molecular flexibility index (Phi) is 3.43. The van der Waals surface area contributed by atoms with Crippen LogP contribution in [0.15, 0.2) is 24.5 Å². The second kappa shape index (κ2) is 4.39. The van der Waals surface area contributed by atoms with E-state index in [2.05, 4.69) is 30.6 Å². The molecule has 2 heteroatoms. The van der Waals surface area contributed by atoms with Gasteiger partial charge in [0.05, 0.1) is 0 Å². The standard InChI is InChI=1S/C9H13NS/c1-2-9(11)6-8-4-3-5-10-7-8/h3-5,7,9,11H,2,6H2,1H3. The van der Waals surface area contributed by atoms with E-state index in [0.29, 0.717) is 5.25 Å². The maximum atomic E-state index is 4.41. The summed E-state index contributed by atoms with van der Waals surface area (Å²) in [4.78, 5) is 4.04. The average Bonchev–Trinajstić information content (AvgIpc) is 2.06. The highest BCUT2D eigenvalue weighted by Crippen LogP contribution is 2.08. The SMILES string of the molecule is CCC(S)Cc1cccnc1. The van der Waals surface area contributed by atoms with E-state index in [4.69, 9.17) is 0 Å². The molecule has 0 radical (unpaired) electrons. The molecule has 0 amide bonds. The molecule has 60 valence electrons. The van der Waals surface area contributed by atoms with E-state index in [0.717, 1.165) is 12.8 Å². The third kappa shape index (κ3) is 2.93. The van der Waals surface area contributed by atoms with Crippen LogP contribution in [0.5, 0.6) is 0 Å². The second-order valence-corrected chi connectivity index (χ2v) is 3.36. The fourth-order valence-electron chi connectivity index (χ4n) is 0.935. The first-order chi connectivity index (χ1) is 5.33. The zero-order valence-electron chi connectivity index (χ0n) is 6.70. The quantitative estimate of drug-likeness (QED) is 0.682. The van der Waals surface area contributed by atoms with Crippen molar-refractivity contribution in [1.29, 1.82) is 0 Å². The first kappa shape index (κ1) is 8.60. The summed E-state index contributed by atoms with van der Waals surface area (Å²) in [6.07, 6.45) is 5.83. The number of rotatable bonds is 3. The first-order valence-corrected chi connectivity index (χ1v) is 4.41.